The van der Waals surface area contributed by atoms with E-state index in [-0.39, 0.29) is 32.2 Å². The molecule has 1 N–H and O–H groups in total. The minimum atomic E-state index is -4.67. The Hall–Kier alpha value is -3.37. The van der Waals surface area contributed by atoms with Gasteiger partial charge in [-0.1, -0.05) is 123 Å². The van der Waals surface area contributed by atoms with Crippen LogP contribution in [-0.4, -0.2) is 81.2 Å². The lowest BCUT2D eigenvalue weighted by Gasteiger charge is -2.28. The van der Waals surface area contributed by atoms with Crippen molar-refractivity contribution < 1.29 is 47.2 Å². The predicted octanol–water partition coefficient (Wildman–Crippen LogP) is 10.7. The van der Waals surface area contributed by atoms with E-state index in [1.54, 1.807) is 0 Å². The fourth-order valence-electron chi connectivity index (χ4n) is 4.90. The lowest BCUT2D eigenvalue weighted by Crippen LogP contribution is -2.37. The summed E-state index contributed by atoms with van der Waals surface area (Å²) in [6.45, 7) is 3.65. The van der Waals surface area contributed by atoms with Gasteiger partial charge in [-0.05, 0) is 96.3 Å². The Morgan fingerprint density at radius 2 is 1.03 bits per heavy atom. The summed E-state index contributed by atoms with van der Waals surface area (Å²) in [5.74, 6) is -1.00. The Morgan fingerprint density at radius 3 is 1.47 bits per heavy atom. The van der Waals surface area contributed by atoms with Gasteiger partial charge in [0.25, 0.3) is 7.82 Å². The summed E-state index contributed by atoms with van der Waals surface area (Å²) in [6.07, 6.45) is 49.3. The maximum Gasteiger partial charge on any atom is 0.306 e. The van der Waals surface area contributed by atoms with Gasteiger partial charge < -0.3 is 33.0 Å². The minimum absolute atomic E-state index is 0.0625. The van der Waals surface area contributed by atoms with Crippen LogP contribution in [0.4, 0.5) is 0 Å². The highest BCUT2D eigenvalue weighted by molar-refractivity contribution is 7.45. The van der Waals surface area contributed by atoms with Crippen LogP contribution < -0.4 is 4.89 Å². The van der Waals surface area contributed by atoms with Gasteiger partial charge in [-0.2, -0.15) is 0 Å². The first kappa shape index (κ1) is 55.6. The second kappa shape index (κ2) is 38.8. The Bertz CT molecular complexity index is 1380. The van der Waals surface area contributed by atoms with Gasteiger partial charge in [0.15, 0.2) is 6.10 Å². The number of allylic oxidation sites excluding steroid dienone is 18. The van der Waals surface area contributed by atoms with E-state index in [0.29, 0.717) is 36.7 Å². The summed E-state index contributed by atoms with van der Waals surface area (Å²) >= 11 is 0. The van der Waals surface area contributed by atoms with Crippen LogP contribution in [0.15, 0.2) is 109 Å². The third-order valence-electron chi connectivity index (χ3n) is 8.44. The zero-order chi connectivity index (χ0) is 43.7. The van der Waals surface area contributed by atoms with Gasteiger partial charge in [0.05, 0.1) is 33.9 Å². The quantitative estimate of drug-likeness (QED) is 0.0213. The molecule has 0 radical (unpaired) electrons. The highest BCUT2D eigenvalue weighted by Crippen LogP contribution is 2.38. The smallest absolute Gasteiger partial charge is 0.306 e. The first-order chi connectivity index (χ1) is 28.4. The van der Waals surface area contributed by atoms with Gasteiger partial charge in [-0.3, -0.25) is 14.2 Å². The van der Waals surface area contributed by atoms with Crippen LogP contribution in [0.5, 0.6) is 0 Å². The Kier molecular flexibility index (Phi) is 36.6. The first-order valence-corrected chi connectivity index (χ1v) is 23.1. The molecule has 59 heavy (non-hydrogen) atoms. The number of hydrogen-bond acceptors (Lipinski definition) is 9. The topological polar surface area (TPSA) is 131 Å². The number of quaternary nitrogens is 1. The third-order valence-corrected chi connectivity index (χ3v) is 9.40. The zero-order valence-corrected chi connectivity index (χ0v) is 37.9. The van der Waals surface area contributed by atoms with Crippen molar-refractivity contribution in [2.24, 2.45) is 0 Å². The molecular weight excluding hydrogens is 766 g/mol. The second-order valence-electron chi connectivity index (χ2n) is 15.1. The number of ether oxygens (including phenoxy) is 2. The maximum atomic E-state index is 12.6. The number of likely N-dealkylation sites (N-methyl/N-ethyl adjacent to an activating group) is 1. The molecule has 0 aromatic carbocycles. The van der Waals surface area contributed by atoms with Crippen molar-refractivity contribution in [3.8, 4) is 0 Å². The normalized spacial score (nSPS) is 15.2. The zero-order valence-electron chi connectivity index (χ0n) is 37.0. The first-order valence-electron chi connectivity index (χ1n) is 21.7. The maximum absolute atomic E-state index is 12.6. The van der Waals surface area contributed by atoms with E-state index in [1.807, 2.05) is 40.2 Å². The summed E-state index contributed by atoms with van der Waals surface area (Å²) in [4.78, 5) is 37.5. The lowest BCUT2D eigenvalue weighted by atomic mass is 10.1. The second-order valence-corrected chi connectivity index (χ2v) is 16.5. The van der Waals surface area contributed by atoms with Crippen LogP contribution >= 0.6 is 7.82 Å². The number of hydrogen-bond donors (Lipinski definition) is 1. The summed E-state index contributed by atoms with van der Waals surface area (Å²) in [6, 6.07) is 0. The van der Waals surface area contributed by atoms with E-state index in [2.05, 4.69) is 104 Å². The third kappa shape index (κ3) is 42.6. The van der Waals surface area contributed by atoms with Gasteiger partial charge in [0.2, 0.25) is 0 Å². The summed E-state index contributed by atoms with van der Waals surface area (Å²) in [7, 11) is 1.06. The number of carbonyl (C=O) groups excluding carboxylic acids is 2. The van der Waals surface area contributed by atoms with Crippen LogP contribution in [0.25, 0.3) is 0 Å². The highest BCUT2D eigenvalue weighted by atomic mass is 31.2. The summed E-state index contributed by atoms with van der Waals surface area (Å²) in [5.41, 5.74) is 0. The standard InChI is InChI=1S/C48H78NO9P/c1-6-8-9-10-11-12-13-14-15-16-17-22-25-28-31-34-37-40-48(52)58-46(44-57-59(53,54)56-42-41-49(3,4)5)43-55-47(51)39-36-33-30-27-24-21-19-18-20-23-26-29-32-35-38-45(50)7-2/h8-9,11-12,14-15,17,19-23,27-32,45-46,50H,6-7,10,13,16,18,24-26,33-44H2,1-5H3/b9-8-,12-11-,15-14-,21-19-,22-17-,23-20-,30-27-,31-28-,32-29-/t45-,46+/m0/s1. The van der Waals surface area contributed by atoms with Crippen molar-refractivity contribution in [3.05, 3.63) is 109 Å². The Morgan fingerprint density at radius 1 is 0.610 bits per heavy atom. The number of aliphatic hydroxyl groups excluding tert-OH is 1. The number of phosphoric acid groups is 1. The van der Waals surface area contributed by atoms with Crippen LogP contribution in [0, 0.1) is 0 Å². The summed E-state index contributed by atoms with van der Waals surface area (Å²) < 4.78 is 33.7. The van der Waals surface area contributed by atoms with Crippen LogP contribution in [0.3, 0.4) is 0 Å². The SMILES string of the molecule is CC/C=C\C/C=C\C/C=C\C/C=C\C/C=C\CCCC(=O)O[C@H](COC(=O)CCC/C=C\C/C=C\C/C=C\C/C=C\CC[C@@H](O)CC)COP(=O)([O-])OCC[N+](C)(C)C. The van der Waals surface area contributed by atoms with Crippen LogP contribution in [0.2, 0.25) is 0 Å². The largest absolute Gasteiger partial charge is 0.756 e. The Balaban J connectivity index is 4.60. The van der Waals surface area contributed by atoms with Crippen LogP contribution in [0.1, 0.15) is 123 Å². The van der Waals surface area contributed by atoms with Crippen molar-refractivity contribution in [3.63, 3.8) is 0 Å². The molecule has 0 rings (SSSR count). The van der Waals surface area contributed by atoms with Crippen LogP contribution in [-0.2, 0) is 32.7 Å². The van der Waals surface area contributed by atoms with Crippen molar-refractivity contribution in [1.82, 2.24) is 0 Å². The fourth-order valence-corrected chi connectivity index (χ4v) is 5.62. The Labute approximate surface area is 358 Å². The highest BCUT2D eigenvalue weighted by Gasteiger charge is 2.21. The number of unbranched alkanes of at least 4 members (excludes halogenated alkanes) is 2. The predicted molar refractivity (Wildman–Crippen MR) is 241 cm³/mol. The van der Waals surface area contributed by atoms with E-state index in [9.17, 15) is 24.2 Å². The van der Waals surface area contributed by atoms with E-state index < -0.39 is 32.5 Å². The molecule has 0 saturated carbocycles. The fraction of sp³-hybridized carbons (Fsp3) is 0.583. The molecule has 0 aliphatic heterocycles. The number of rotatable bonds is 37. The molecular formula is C48H78NO9P. The minimum Gasteiger partial charge on any atom is -0.756 e. The summed E-state index contributed by atoms with van der Waals surface area (Å²) in [5, 5.41) is 9.56. The molecule has 1 unspecified atom stereocenters. The molecule has 3 atom stereocenters. The van der Waals surface area contributed by atoms with E-state index in [1.165, 1.54) is 0 Å². The molecule has 0 aliphatic carbocycles. The van der Waals surface area contributed by atoms with Gasteiger partial charge in [-0.25, -0.2) is 0 Å². The lowest BCUT2D eigenvalue weighted by molar-refractivity contribution is -0.870. The molecule has 11 heteroatoms. The monoisotopic (exact) mass is 844 g/mol. The number of aliphatic hydroxyl groups is 1. The average Bonchev–Trinajstić information content (AvgIpc) is 3.19. The van der Waals surface area contributed by atoms with Gasteiger partial charge in [0, 0.05) is 12.8 Å². The van der Waals surface area contributed by atoms with Crippen molar-refractivity contribution >= 4 is 19.8 Å². The molecule has 0 amide bonds. The van der Waals surface area contributed by atoms with Crippen molar-refractivity contribution in [2.45, 2.75) is 135 Å². The number of carbonyl (C=O) groups is 2. The molecule has 334 valence electrons. The number of nitrogens with zero attached hydrogens (tertiary/aromatic N) is 1. The molecule has 0 bridgehead atoms. The van der Waals surface area contributed by atoms with E-state index in [4.69, 9.17) is 18.5 Å². The van der Waals surface area contributed by atoms with E-state index >= 15 is 0 Å². The van der Waals surface area contributed by atoms with E-state index in [0.717, 1.165) is 70.6 Å². The molecule has 0 heterocycles. The number of esters is 2. The number of phosphoric ester groups is 1. The van der Waals surface area contributed by atoms with Gasteiger partial charge in [0.1, 0.15) is 19.8 Å². The van der Waals surface area contributed by atoms with Gasteiger partial charge >= 0.3 is 11.9 Å². The van der Waals surface area contributed by atoms with Crippen molar-refractivity contribution in [1.29, 1.82) is 0 Å². The molecule has 0 spiro atoms. The molecule has 0 aliphatic rings. The average molecular weight is 844 g/mol. The molecule has 0 fully saturated rings. The molecule has 0 aromatic heterocycles. The molecule has 10 nitrogen and oxygen atoms in total. The molecule has 0 aromatic rings. The van der Waals surface area contributed by atoms with Gasteiger partial charge in [-0.15, -0.1) is 0 Å². The van der Waals surface area contributed by atoms with Crippen molar-refractivity contribution in [2.75, 3.05) is 47.5 Å². The molecule has 0 saturated heterocycles.